The molecule has 0 aliphatic rings. The highest BCUT2D eigenvalue weighted by Crippen LogP contribution is 2.20. The van der Waals surface area contributed by atoms with Gasteiger partial charge in [0.1, 0.15) is 5.75 Å². The molecule has 0 unspecified atom stereocenters. The maximum absolute atomic E-state index is 11.9. The maximum atomic E-state index is 11.9. The first-order chi connectivity index (χ1) is 8.19. The molecule has 0 radical (unpaired) electrons. The van der Waals surface area contributed by atoms with E-state index in [1.165, 1.54) is 0 Å². The van der Waals surface area contributed by atoms with Gasteiger partial charge in [0.15, 0.2) is 0 Å². The van der Waals surface area contributed by atoms with E-state index < -0.39 is 0 Å². The number of benzene rings is 1. The van der Waals surface area contributed by atoms with Gasteiger partial charge in [-0.1, -0.05) is 6.07 Å². The van der Waals surface area contributed by atoms with Crippen molar-refractivity contribution in [3.63, 3.8) is 0 Å². The molecule has 0 fully saturated rings. The van der Waals surface area contributed by atoms with E-state index in [1.807, 2.05) is 29.6 Å². The fourth-order valence-electron chi connectivity index (χ4n) is 1.33. The average Bonchev–Trinajstić information content (AvgIpc) is 2.76. The highest BCUT2D eigenvalue weighted by molar-refractivity contribution is 14.1. The minimum Gasteiger partial charge on any atom is -0.497 e. The van der Waals surface area contributed by atoms with Gasteiger partial charge in [-0.25, -0.2) is 0 Å². The van der Waals surface area contributed by atoms with E-state index in [1.54, 1.807) is 24.5 Å². The van der Waals surface area contributed by atoms with Crippen molar-refractivity contribution in [2.45, 2.75) is 0 Å². The molecule has 1 heterocycles. The number of nitrogens with one attached hydrogen (secondary N) is 1. The van der Waals surface area contributed by atoms with Crippen molar-refractivity contribution in [3.8, 4) is 5.75 Å². The van der Waals surface area contributed by atoms with Gasteiger partial charge in [0.2, 0.25) is 0 Å². The highest BCUT2D eigenvalue weighted by atomic mass is 127. The zero-order valence-electron chi connectivity index (χ0n) is 9.07. The molecule has 1 amide bonds. The van der Waals surface area contributed by atoms with Crippen LogP contribution in [-0.2, 0) is 0 Å². The monoisotopic (exact) mass is 359 g/mol. The number of methoxy groups -OCH3 is 1. The summed E-state index contributed by atoms with van der Waals surface area (Å²) in [5.41, 5.74) is 1.41. The van der Waals surface area contributed by atoms with Crippen LogP contribution >= 0.6 is 33.9 Å². The SMILES string of the molecule is COc1cccc(NC(=O)c2csc(I)c2)c1. The summed E-state index contributed by atoms with van der Waals surface area (Å²) in [6, 6.07) is 9.16. The fraction of sp³-hybridized carbons (Fsp3) is 0.0833. The van der Waals surface area contributed by atoms with Gasteiger partial charge < -0.3 is 10.1 Å². The molecule has 0 saturated heterocycles. The number of hydrogen-bond donors (Lipinski definition) is 1. The smallest absolute Gasteiger partial charge is 0.256 e. The predicted octanol–water partition coefficient (Wildman–Crippen LogP) is 3.61. The Hall–Kier alpha value is -1.08. The van der Waals surface area contributed by atoms with Crippen molar-refractivity contribution in [1.82, 2.24) is 0 Å². The lowest BCUT2D eigenvalue weighted by Gasteiger charge is -2.05. The van der Waals surface area contributed by atoms with Crippen molar-refractivity contribution in [3.05, 3.63) is 44.2 Å². The van der Waals surface area contributed by atoms with Gasteiger partial charge in [-0.2, -0.15) is 0 Å². The number of anilines is 1. The van der Waals surface area contributed by atoms with Crippen molar-refractivity contribution in [2.24, 2.45) is 0 Å². The predicted molar refractivity (Wildman–Crippen MR) is 78.0 cm³/mol. The average molecular weight is 359 g/mol. The summed E-state index contributed by atoms with van der Waals surface area (Å²) in [4.78, 5) is 11.9. The summed E-state index contributed by atoms with van der Waals surface area (Å²) in [5.74, 6) is 0.625. The zero-order chi connectivity index (χ0) is 12.3. The molecule has 0 spiro atoms. The first-order valence-electron chi connectivity index (χ1n) is 4.88. The Morgan fingerprint density at radius 2 is 2.24 bits per heavy atom. The standard InChI is InChI=1S/C12H10INO2S/c1-16-10-4-2-3-9(6-10)14-12(15)8-5-11(13)17-7-8/h2-7H,1H3,(H,14,15). The van der Waals surface area contributed by atoms with Crippen LogP contribution in [0.1, 0.15) is 10.4 Å². The lowest BCUT2D eigenvalue weighted by atomic mass is 10.2. The van der Waals surface area contributed by atoms with Crippen LogP contribution in [0.5, 0.6) is 5.75 Å². The second-order valence-electron chi connectivity index (χ2n) is 3.33. The quantitative estimate of drug-likeness (QED) is 0.851. The fourth-order valence-corrected chi connectivity index (χ4v) is 2.66. The topological polar surface area (TPSA) is 38.3 Å². The van der Waals surface area contributed by atoms with Gasteiger partial charge in [-0.05, 0) is 40.8 Å². The molecular weight excluding hydrogens is 349 g/mol. The van der Waals surface area contributed by atoms with Crippen molar-refractivity contribution >= 4 is 45.5 Å². The van der Waals surface area contributed by atoms with Crippen LogP contribution in [0.2, 0.25) is 0 Å². The first-order valence-corrected chi connectivity index (χ1v) is 6.84. The van der Waals surface area contributed by atoms with Crippen LogP contribution in [0.15, 0.2) is 35.7 Å². The Kier molecular flexibility index (Phi) is 4.01. The van der Waals surface area contributed by atoms with Crippen LogP contribution < -0.4 is 10.1 Å². The van der Waals surface area contributed by atoms with Crippen LogP contribution in [0.4, 0.5) is 5.69 Å². The van der Waals surface area contributed by atoms with E-state index in [0.717, 1.165) is 14.3 Å². The zero-order valence-corrected chi connectivity index (χ0v) is 12.0. The Balaban J connectivity index is 2.12. The summed E-state index contributed by atoms with van der Waals surface area (Å²) in [6.45, 7) is 0. The van der Waals surface area contributed by atoms with Gasteiger partial charge in [-0.15, -0.1) is 11.3 Å². The van der Waals surface area contributed by atoms with Crippen molar-refractivity contribution in [1.29, 1.82) is 0 Å². The maximum Gasteiger partial charge on any atom is 0.256 e. The van der Waals surface area contributed by atoms with Gasteiger partial charge in [0.05, 0.1) is 15.6 Å². The van der Waals surface area contributed by atoms with Gasteiger partial charge in [-0.3, -0.25) is 4.79 Å². The summed E-state index contributed by atoms with van der Waals surface area (Å²) in [7, 11) is 1.60. The lowest BCUT2D eigenvalue weighted by molar-refractivity contribution is 0.102. The Bertz CT molecular complexity index is 539. The van der Waals surface area contributed by atoms with Crippen LogP contribution in [0, 0.1) is 2.88 Å². The van der Waals surface area contributed by atoms with Crippen molar-refractivity contribution in [2.75, 3.05) is 12.4 Å². The number of carbonyl (C=O) groups excluding carboxylic acids is 1. The molecule has 17 heavy (non-hydrogen) atoms. The Morgan fingerprint density at radius 1 is 1.41 bits per heavy atom. The number of rotatable bonds is 3. The number of thiophene rings is 1. The second-order valence-corrected chi connectivity index (χ2v) is 6.13. The molecule has 1 N–H and O–H groups in total. The van der Waals surface area contributed by atoms with E-state index >= 15 is 0 Å². The number of amides is 1. The lowest BCUT2D eigenvalue weighted by Crippen LogP contribution is -2.10. The van der Waals surface area contributed by atoms with E-state index in [4.69, 9.17) is 4.74 Å². The van der Waals surface area contributed by atoms with Gasteiger partial charge in [0, 0.05) is 17.1 Å². The summed E-state index contributed by atoms with van der Waals surface area (Å²) in [5, 5.41) is 4.68. The Labute approximate surface area is 117 Å². The number of hydrogen-bond acceptors (Lipinski definition) is 3. The molecule has 1 aromatic carbocycles. The number of halogens is 1. The van der Waals surface area contributed by atoms with Crippen LogP contribution in [0.3, 0.4) is 0 Å². The third-order valence-electron chi connectivity index (χ3n) is 2.16. The minimum atomic E-state index is -0.0996. The van der Waals surface area contributed by atoms with Crippen molar-refractivity contribution < 1.29 is 9.53 Å². The summed E-state index contributed by atoms with van der Waals surface area (Å²) in [6.07, 6.45) is 0. The summed E-state index contributed by atoms with van der Waals surface area (Å²) >= 11 is 3.75. The third-order valence-corrected chi connectivity index (χ3v) is 3.95. The number of carbonyl (C=O) groups is 1. The molecule has 88 valence electrons. The molecule has 0 aliphatic carbocycles. The molecule has 2 aromatic rings. The van der Waals surface area contributed by atoms with Gasteiger partial charge >= 0.3 is 0 Å². The molecule has 2 rings (SSSR count). The normalized spacial score (nSPS) is 10.0. The Morgan fingerprint density at radius 3 is 2.88 bits per heavy atom. The highest BCUT2D eigenvalue weighted by Gasteiger charge is 2.08. The van der Waals surface area contributed by atoms with E-state index in [0.29, 0.717) is 5.56 Å². The molecule has 0 aliphatic heterocycles. The molecule has 0 bridgehead atoms. The molecule has 1 aromatic heterocycles. The molecule has 0 saturated carbocycles. The molecular formula is C12H10INO2S. The number of ether oxygens (including phenoxy) is 1. The second kappa shape index (κ2) is 5.50. The molecule has 0 atom stereocenters. The van der Waals surface area contributed by atoms with E-state index in [-0.39, 0.29) is 5.91 Å². The van der Waals surface area contributed by atoms with Crippen LogP contribution in [0.25, 0.3) is 0 Å². The van der Waals surface area contributed by atoms with Gasteiger partial charge in [0.25, 0.3) is 5.91 Å². The molecule has 5 heteroatoms. The molecule has 3 nitrogen and oxygen atoms in total. The van der Waals surface area contributed by atoms with E-state index in [9.17, 15) is 4.79 Å². The van der Waals surface area contributed by atoms with E-state index in [2.05, 4.69) is 27.9 Å². The minimum absolute atomic E-state index is 0.0996. The summed E-state index contributed by atoms with van der Waals surface area (Å²) < 4.78 is 6.19. The first kappa shape index (κ1) is 12.4. The van der Waals surface area contributed by atoms with Crippen LogP contribution in [-0.4, -0.2) is 13.0 Å². The third kappa shape index (κ3) is 3.19. The largest absolute Gasteiger partial charge is 0.497 e.